The first-order chi connectivity index (χ1) is 7.68. The minimum Gasteiger partial charge on any atom is -0.361 e. The van der Waals surface area contributed by atoms with Gasteiger partial charge in [0, 0.05) is 12.1 Å². The van der Waals surface area contributed by atoms with Crippen molar-refractivity contribution in [3.05, 3.63) is 17.5 Å². The summed E-state index contributed by atoms with van der Waals surface area (Å²) in [6.07, 6.45) is 5.66. The first-order valence-electron chi connectivity index (χ1n) is 5.66. The molecule has 0 aliphatic heterocycles. The van der Waals surface area contributed by atoms with Gasteiger partial charge in [-0.25, -0.2) is 0 Å². The van der Waals surface area contributed by atoms with Crippen LogP contribution in [0.3, 0.4) is 0 Å². The van der Waals surface area contributed by atoms with Crippen LogP contribution in [0.5, 0.6) is 0 Å². The van der Waals surface area contributed by atoms with Gasteiger partial charge in [-0.3, -0.25) is 4.79 Å². The molecular weight excluding hydrogens is 206 g/mol. The lowest BCUT2D eigenvalue weighted by Crippen LogP contribution is -2.49. The molecule has 0 aromatic carbocycles. The Bertz CT molecular complexity index is 375. The molecule has 0 unspecified atom stereocenters. The first kappa shape index (κ1) is 11.1. The highest BCUT2D eigenvalue weighted by Gasteiger charge is 2.24. The summed E-state index contributed by atoms with van der Waals surface area (Å²) in [5.74, 6) is 0.406. The number of amides is 1. The molecule has 3 N–H and O–H groups in total. The Kier molecular flexibility index (Phi) is 3.24. The standard InChI is InChI=1S/C11H17N3O2/c1-7-8(6-13-16-7)11(15)14-10-5-3-2-4-9(10)12/h6,9-10H,2-5,12H2,1H3,(H,14,15)/t9-,10-/m1/s1. The molecule has 5 nitrogen and oxygen atoms in total. The third-order valence-corrected chi connectivity index (χ3v) is 3.13. The van der Waals surface area contributed by atoms with Gasteiger partial charge in [0.05, 0.1) is 6.20 Å². The first-order valence-corrected chi connectivity index (χ1v) is 5.66. The van der Waals surface area contributed by atoms with E-state index in [0.717, 1.165) is 25.7 Å². The molecular formula is C11H17N3O2. The van der Waals surface area contributed by atoms with E-state index in [9.17, 15) is 4.79 Å². The highest BCUT2D eigenvalue weighted by atomic mass is 16.5. The van der Waals surface area contributed by atoms with E-state index >= 15 is 0 Å². The fourth-order valence-corrected chi connectivity index (χ4v) is 2.10. The number of aryl methyl sites for hydroxylation is 1. The molecule has 1 fully saturated rings. The van der Waals surface area contributed by atoms with Gasteiger partial charge in [0.2, 0.25) is 0 Å². The molecule has 88 valence electrons. The number of nitrogens with one attached hydrogen (secondary N) is 1. The van der Waals surface area contributed by atoms with Crippen LogP contribution in [0.25, 0.3) is 0 Å². The van der Waals surface area contributed by atoms with Gasteiger partial charge in [-0.15, -0.1) is 0 Å². The summed E-state index contributed by atoms with van der Waals surface area (Å²) in [6, 6.07) is 0.147. The fraction of sp³-hybridized carbons (Fsp3) is 0.636. The van der Waals surface area contributed by atoms with Gasteiger partial charge in [0.25, 0.3) is 5.91 Å². The molecule has 0 saturated heterocycles. The number of rotatable bonds is 2. The molecule has 1 aromatic rings. The number of carbonyl (C=O) groups is 1. The molecule has 1 heterocycles. The maximum Gasteiger partial charge on any atom is 0.256 e. The van der Waals surface area contributed by atoms with E-state index in [1.54, 1.807) is 6.92 Å². The van der Waals surface area contributed by atoms with Gasteiger partial charge in [-0.2, -0.15) is 0 Å². The Hall–Kier alpha value is -1.36. The van der Waals surface area contributed by atoms with Gasteiger partial charge in [0.1, 0.15) is 11.3 Å². The Morgan fingerprint density at radius 3 is 2.94 bits per heavy atom. The largest absolute Gasteiger partial charge is 0.361 e. The number of hydrogen-bond acceptors (Lipinski definition) is 4. The lowest BCUT2D eigenvalue weighted by molar-refractivity contribution is 0.0919. The zero-order valence-corrected chi connectivity index (χ0v) is 9.40. The van der Waals surface area contributed by atoms with E-state index in [1.807, 2.05) is 0 Å². The van der Waals surface area contributed by atoms with Crippen molar-refractivity contribution in [3.8, 4) is 0 Å². The fourth-order valence-electron chi connectivity index (χ4n) is 2.10. The molecule has 5 heteroatoms. The van der Waals surface area contributed by atoms with Gasteiger partial charge < -0.3 is 15.6 Å². The molecule has 0 radical (unpaired) electrons. The third kappa shape index (κ3) is 2.24. The van der Waals surface area contributed by atoms with E-state index in [2.05, 4.69) is 10.5 Å². The van der Waals surface area contributed by atoms with Crippen LogP contribution in [0.2, 0.25) is 0 Å². The van der Waals surface area contributed by atoms with Crippen molar-refractivity contribution >= 4 is 5.91 Å². The van der Waals surface area contributed by atoms with Crippen molar-refractivity contribution in [2.24, 2.45) is 5.73 Å². The summed E-state index contributed by atoms with van der Waals surface area (Å²) in [7, 11) is 0. The van der Waals surface area contributed by atoms with Gasteiger partial charge in [-0.1, -0.05) is 18.0 Å². The number of carbonyl (C=O) groups excluding carboxylic acids is 1. The topological polar surface area (TPSA) is 81.2 Å². The van der Waals surface area contributed by atoms with Crippen LogP contribution in [0.1, 0.15) is 41.8 Å². The summed E-state index contributed by atoms with van der Waals surface area (Å²) >= 11 is 0. The summed E-state index contributed by atoms with van der Waals surface area (Å²) in [4.78, 5) is 11.9. The Morgan fingerprint density at radius 1 is 1.56 bits per heavy atom. The zero-order valence-electron chi connectivity index (χ0n) is 9.40. The van der Waals surface area contributed by atoms with Crippen LogP contribution in [0, 0.1) is 6.92 Å². The summed E-state index contributed by atoms with van der Waals surface area (Å²) in [5.41, 5.74) is 6.46. The van der Waals surface area contributed by atoms with E-state index in [-0.39, 0.29) is 18.0 Å². The highest BCUT2D eigenvalue weighted by Crippen LogP contribution is 2.17. The molecule has 1 saturated carbocycles. The number of nitrogens with two attached hydrogens (primary N) is 1. The highest BCUT2D eigenvalue weighted by molar-refractivity contribution is 5.94. The van der Waals surface area contributed by atoms with E-state index in [4.69, 9.17) is 10.3 Å². The average molecular weight is 223 g/mol. The number of hydrogen-bond donors (Lipinski definition) is 2. The lowest BCUT2D eigenvalue weighted by atomic mass is 9.91. The smallest absolute Gasteiger partial charge is 0.256 e. The maximum absolute atomic E-state index is 11.9. The van der Waals surface area contributed by atoms with Crippen molar-refractivity contribution in [2.45, 2.75) is 44.7 Å². The molecule has 1 aliphatic rings. The Morgan fingerprint density at radius 2 is 2.31 bits per heavy atom. The second-order valence-corrected chi connectivity index (χ2v) is 4.32. The Balaban J connectivity index is 1.99. The minimum absolute atomic E-state index is 0.0675. The van der Waals surface area contributed by atoms with Gasteiger partial charge >= 0.3 is 0 Å². The number of nitrogens with zero attached hydrogens (tertiary/aromatic N) is 1. The quantitative estimate of drug-likeness (QED) is 0.783. The van der Waals surface area contributed by atoms with E-state index in [1.165, 1.54) is 6.20 Å². The van der Waals surface area contributed by atoms with Crippen LogP contribution >= 0.6 is 0 Å². The van der Waals surface area contributed by atoms with Crippen molar-refractivity contribution in [1.82, 2.24) is 10.5 Å². The molecule has 0 spiro atoms. The predicted octanol–water partition coefficient (Wildman–Crippen LogP) is 0.983. The van der Waals surface area contributed by atoms with Gasteiger partial charge in [0.15, 0.2) is 0 Å². The molecule has 1 amide bonds. The molecule has 2 rings (SSSR count). The van der Waals surface area contributed by atoms with Crippen LogP contribution in [-0.4, -0.2) is 23.1 Å². The second kappa shape index (κ2) is 4.65. The maximum atomic E-state index is 11.9. The minimum atomic E-state index is -0.138. The van der Waals surface area contributed by atoms with Crippen LogP contribution in [0.4, 0.5) is 0 Å². The van der Waals surface area contributed by atoms with Crippen molar-refractivity contribution in [2.75, 3.05) is 0 Å². The lowest BCUT2D eigenvalue weighted by Gasteiger charge is -2.29. The average Bonchev–Trinajstić information content (AvgIpc) is 2.68. The molecule has 1 aliphatic carbocycles. The van der Waals surface area contributed by atoms with Crippen molar-refractivity contribution in [3.63, 3.8) is 0 Å². The van der Waals surface area contributed by atoms with Crippen LogP contribution in [-0.2, 0) is 0 Å². The molecule has 2 atom stereocenters. The van der Waals surface area contributed by atoms with Crippen molar-refractivity contribution < 1.29 is 9.32 Å². The molecule has 16 heavy (non-hydrogen) atoms. The third-order valence-electron chi connectivity index (χ3n) is 3.13. The molecule has 1 aromatic heterocycles. The summed E-state index contributed by atoms with van der Waals surface area (Å²) < 4.78 is 4.86. The molecule has 0 bridgehead atoms. The van der Waals surface area contributed by atoms with E-state index in [0.29, 0.717) is 11.3 Å². The predicted molar refractivity (Wildman–Crippen MR) is 58.9 cm³/mol. The normalized spacial score (nSPS) is 25.4. The SMILES string of the molecule is Cc1oncc1C(=O)N[C@@H]1CCCC[C@H]1N. The van der Waals surface area contributed by atoms with Crippen molar-refractivity contribution in [1.29, 1.82) is 0 Å². The van der Waals surface area contributed by atoms with E-state index < -0.39 is 0 Å². The van der Waals surface area contributed by atoms with Gasteiger partial charge in [-0.05, 0) is 19.8 Å². The Labute approximate surface area is 94.4 Å². The van der Waals surface area contributed by atoms with Crippen LogP contribution in [0.15, 0.2) is 10.7 Å². The summed E-state index contributed by atoms with van der Waals surface area (Å²) in [5, 5.41) is 6.54. The zero-order chi connectivity index (χ0) is 11.5. The monoisotopic (exact) mass is 223 g/mol. The van der Waals surface area contributed by atoms with Crippen LogP contribution < -0.4 is 11.1 Å². The number of aromatic nitrogens is 1. The summed E-state index contributed by atoms with van der Waals surface area (Å²) in [6.45, 7) is 1.72. The second-order valence-electron chi connectivity index (χ2n) is 4.32.